The van der Waals surface area contributed by atoms with Gasteiger partial charge in [0.15, 0.2) is 0 Å². The van der Waals surface area contributed by atoms with E-state index in [4.69, 9.17) is 0 Å². The Morgan fingerprint density at radius 2 is 1.93 bits per heavy atom. The number of hydrogen-bond acceptors (Lipinski definition) is 5. The van der Waals surface area contributed by atoms with E-state index < -0.39 is 5.54 Å². The molecule has 1 aromatic heterocycles. The van der Waals surface area contributed by atoms with E-state index in [1.54, 1.807) is 0 Å². The molecule has 0 radical (unpaired) electrons. The number of amidine groups is 1. The van der Waals surface area contributed by atoms with Crippen LogP contribution < -0.4 is 16.2 Å². The zero-order valence-corrected chi connectivity index (χ0v) is 18.3. The van der Waals surface area contributed by atoms with Crippen molar-refractivity contribution in [3.05, 3.63) is 33.7 Å². The van der Waals surface area contributed by atoms with E-state index in [1.165, 1.54) is 12.1 Å². The summed E-state index contributed by atoms with van der Waals surface area (Å²) in [6, 6.07) is 4.19. The van der Waals surface area contributed by atoms with Crippen LogP contribution in [0.2, 0.25) is 0 Å². The SMILES string of the molecule is CC1=NC2(CCN(Cc3ccc4n(c3=O)C[C@@H]3CNC[C@H]4C3)CC2)C(=O)N1.Cl.Cl. The minimum atomic E-state index is -0.573. The summed E-state index contributed by atoms with van der Waals surface area (Å²) in [5, 5.41) is 6.33. The fourth-order valence-electron chi connectivity index (χ4n) is 5.30. The number of amides is 1. The Morgan fingerprint density at radius 1 is 1.17 bits per heavy atom. The molecule has 160 valence electrons. The number of carbonyl (C=O) groups is 1. The zero-order chi connectivity index (χ0) is 18.6. The highest BCUT2D eigenvalue weighted by Gasteiger charge is 2.44. The van der Waals surface area contributed by atoms with Crippen molar-refractivity contribution in [2.75, 3.05) is 26.2 Å². The lowest BCUT2D eigenvalue weighted by molar-refractivity contribution is -0.125. The Bertz CT molecular complexity index is 876. The van der Waals surface area contributed by atoms with Crippen molar-refractivity contribution in [3.8, 4) is 0 Å². The average molecular weight is 442 g/mol. The second-order valence-electron chi connectivity index (χ2n) is 8.62. The van der Waals surface area contributed by atoms with Gasteiger partial charge >= 0.3 is 0 Å². The summed E-state index contributed by atoms with van der Waals surface area (Å²) in [6.45, 7) is 6.92. The van der Waals surface area contributed by atoms with E-state index >= 15 is 0 Å². The first-order valence-corrected chi connectivity index (χ1v) is 10.1. The Labute approximate surface area is 183 Å². The van der Waals surface area contributed by atoms with Crippen LogP contribution in [0.5, 0.6) is 0 Å². The third-order valence-electron chi connectivity index (χ3n) is 6.76. The van der Waals surface area contributed by atoms with Crippen LogP contribution in [-0.2, 0) is 17.9 Å². The summed E-state index contributed by atoms with van der Waals surface area (Å²) in [7, 11) is 0. The van der Waals surface area contributed by atoms with E-state index in [2.05, 4.69) is 26.6 Å². The van der Waals surface area contributed by atoms with Crippen molar-refractivity contribution in [1.82, 2.24) is 20.1 Å². The number of aromatic nitrogens is 1. The number of fused-ring (bicyclic) bond motifs is 4. The van der Waals surface area contributed by atoms with Crippen molar-refractivity contribution in [1.29, 1.82) is 0 Å². The molecule has 2 N–H and O–H groups in total. The highest BCUT2D eigenvalue weighted by Crippen LogP contribution is 2.33. The molecule has 2 bridgehead atoms. The van der Waals surface area contributed by atoms with Crippen molar-refractivity contribution in [2.24, 2.45) is 10.9 Å². The Morgan fingerprint density at radius 3 is 2.62 bits per heavy atom. The zero-order valence-electron chi connectivity index (χ0n) is 16.6. The second kappa shape index (κ2) is 8.38. The average Bonchev–Trinajstić information content (AvgIpc) is 2.93. The Balaban J connectivity index is 0.00000120. The summed E-state index contributed by atoms with van der Waals surface area (Å²) in [4.78, 5) is 32.2. The number of hydrogen-bond donors (Lipinski definition) is 2. The number of piperidine rings is 2. The van der Waals surface area contributed by atoms with Crippen LogP contribution in [0.25, 0.3) is 0 Å². The first-order chi connectivity index (χ1) is 13.0. The molecule has 5 heterocycles. The van der Waals surface area contributed by atoms with Gasteiger partial charge in [-0.3, -0.25) is 19.5 Å². The summed E-state index contributed by atoms with van der Waals surface area (Å²) >= 11 is 0. The highest BCUT2D eigenvalue weighted by atomic mass is 35.5. The van der Waals surface area contributed by atoms with E-state index in [1.807, 2.05) is 17.6 Å². The number of aliphatic imine (C=N–C) groups is 1. The molecule has 5 rings (SSSR count). The largest absolute Gasteiger partial charge is 0.316 e. The highest BCUT2D eigenvalue weighted by molar-refractivity contribution is 6.07. The van der Waals surface area contributed by atoms with Gasteiger partial charge in [0.1, 0.15) is 11.4 Å². The molecule has 0 aliphatic carbocycles. The third kappa shape index (κ3) is 3.85. The molecule has 0 unspecified atom stereocenters. The summed E-state index contributed by atoms with van der Waals surface area (Å²) in [6.07, 6.45) is 2.64. The number of nitrogens with zero attached hydrogens (tertiary/aromatic N) is 3. The molecule has 1 spiro atoms. The molecule has 2 fully saturated rings. The summed E-state index contributed by atoms with van der Waals surface area (Å²) in [5.41, 5.74) is 1.67. The van der Waals surface area contributed by atoms with Gasteiger partial charge in [-0.05, 0) is 44.7 Å². The molecule has 2 atom stereocenters. The molecule has 4 aliphatic rings. The predicted octanol–water partition coefficient (Wildman–Crippen LogP) is 1.28. The standard InChI is InChI=1S/C20H27N5O2.2ClH/c1-13-22-19(27)20(23-13)4-6-24(7-5-20)12-15-2-3-17-16-8-14(9-21-10-16)11-25(17)18(15)26;;/h2-3,14,16,21H,4-12H2,1H3,(H,22,23,27);2*1H/t14-,16+;;/m0../s1. The van der Waals surface area contributed by atoms with Crippen LogP contribution in [0.1, 0.15) is 43.4 Å². The number of halogens is 2. The molecule has 0 saturated carbocycles. The first-order valence-electron chi connectivity index (χ1n) is 10.1. The lowest BCUT2D eigenvalue weighted by Gasteiger charge is -2.38. The van der Waals surface area contributed by atoms with Crippen molar-refractivity contribution in [2.45, 2.75) is 50.7 Å². The molecule has 1 aromatic rings. The summed E-state index contributed by atoms with van der Waals surface area (Å²) in [5.74, 6) is 1.80. The first kappa shape index (κ1) is 22.3. The van der Waals surface area contributed by atoms with Gasteiger partial charge in [-0.1, -0.05) is 6.07 Å². The quantitative estimate of drug-likeness (QED) is 0.724. The van der Waals surface area contributed by atoms with E-state index in [0.717, 1.165) is 57.0 Å². The van der Waals surface area contributed by atoms with Gasteiger partial charge in [-0.2, -0.15) is 0 Å². The fourth-order valence-corrected chi connectivity index (χ4v) is 5.30. The van der Waals surface area contributed by atoms with Crippen molar-refractivity contribution < 1.29 is 4.79 Å². The minimum Gasteiger partial charge on any atom is -0.316 e. The second-order valence-corrected chi connectivity index (χ2v) is 8.62. The van der Waals surface area contributed by atoms with Gasteiger partial charge in [0.05, 0.1) is 0 Å². The van der Waals surface area contributed by atoms with Gasteiger partial charge in [0.2, 0.25) is 0 Å². The Kier molecular flexibility index (Phi) is 6.44. The van der Waals surface area contributed by atoms with Gasteiger partial charge in [0, 0.05) is 49.9 Å². The van der Waals surface area contributed by atoms with E-state index in [9.17, 15) is 9.59 Å². The van der Waals surface area contributed by atoms with E-state index in [-0.39, 0.29) is 36.3 Å². The third-order valence-corrected chi connectivity index (χ3v) is 6.76. The normalized spacial score (nSPS) is 27.3. The van der Waals surface area contributed by atoms with E-state index in [0.29, 0.717) is 18.4 Å². The van der Waals surface area contributed by atoms with Crippen LogP contribution in [-0.4, -0.2) is 52.9 Å². The van der Waals surface area contributed by atoms with Crippen molar-refractivity contribution >= 4 is 36.6 Å². The maximum absolute atomic E-state index is 13.1. The van der Waals surface area contributed by atoms with Crippen LogP contribution in [0, 0.1) is 5.92 Å². The molecule has 2 saturated heterocycles. The lowest BCUT2D eigenvalue weighted by Crippen LogP contribution is -2.49. The van der Waals surface area contributed by atoms with Crippen LogP contribution in [0.15, 0.2) is 21.9 Å². The molecule has 1 amide bonds. The van der Waals surface area contributed by atoms with Gasteiger partial charge in [-0.25, -0.2) is 0 Å². The van der Waals surface area contributed by atoms with Gasteiger partial charge < -0.3 is 15.2 Å². The molecule has 9 heteroatoms. The predicted molar refractivity (Wildman–Crippen MR) is 117 cm³/mol. The number of pyridine rings is 1. The molecular weight excluding hydrogens is 413 g/mol. The number of rotatable bonds is 2. The van der Waals surface area contributed by atoms with Crippen LogP contribution in [0.3, 0.4) is 0 Å². The number of carbonyl (C=O) groups excluding carboxylic acids is 1. The topological polar surface area (TPSA) is 78.7 Å². The van der Waals surface area contributed by atoms with Crippen LogP contribution >= 0.6 is 24.8 Å². The minimum absolute atomic E-state index is 0. The van der Waals surface area contributed by atoms with Gasteiger partial charge in [-0.15, -0.1) is 24.8 Å². The summed E-state index contributed by atoms with van der Waals surface area (Å²) < 4.78 is 2.03. The fraction of sp³-hybridized carbons (Fsp3) is 0.650. The van der Waals surface area contributed by atoms with Crippen molar-refractivity contribution in [3.63, 3.8) is 0 Å². The maximum atomic E-state index is 13.1. The molecule has 4 aliphatic heterocycles. The smallest absolute Gasteiger partial charge is 0.255 e. The monoisotopic (exact) mass is 441 g/mol. The molecular formula is C20H29Cl2N5O2. The number of nitrogens with one attached hydrogen (secondary N) is 2. The molecule has 29 heavy (non-hydrogen) atoms. The lowest BCUT2D eigenvalue weighted by atomic mass is 9.84. The molecule has 0 aromatic carbocycles. The van der Waals surface area contributed by atoms with Gasteiger partial charge in [0.25, 0.3) is 11.5 Å². The Hall–Kier alpha value is -1.41. The van der Waals surface area contributed by atoms with Crippen LogP contribution in [0.4, 0.5) is 0 Å². The molecule has 7 nitrogen and oxygen atoms in total. The maximum Gasteiger partial charge on any atom is 0.255 e. The number of likely N-dealkylation sites (tertiary alicyclic amines) is 1.